The lowest BCUT2D eigenvalue weighted by molar-refractivity contribution is -0.131. The van der Waals surface area contributed by atoms with Crippen LogP contribution in [0.15, 0.2) is 24.3 Å². The van der Waals surface area contributed by atoms with Crippen molar-refractivity contribution in [2.75, 3.05) is 26.3 Å². The molecule has 2 saturated heterocycles. The molecule has 2 aliphatic heterocycles. The molecule has 1 amide bonds. The van der Waals surface area contributed by atoms with Crippen LogP contribution in [0.25, 0.3) is 0 Å². The van der Waals surface area contributed by atoms with E-state index in [0.717, 1.165) is 37.9 Å². The van der Waals surface area contributed by atoms with Crippen LogP contribution in [0.1, 0.15) is 37.3 Å². The fourth-order valence-electron chi connectivity index (χ4n) is 3.73. The number of benzene rings is 1. The van der Waals surface area contributed by atoms with Crippen molar-refractivity contribution in [3.63, 3.8) is 0 Å². The summed E-state index contributed by atoms with van der Waals surface area (Å²) in [4.78, 5) is 13.2. The zero-order chi connectivity index (χ0) is 16.3. The first-order valence-corrected chi connectivity index (χ1v) is 8.78. The highest BCUT2D eigenvalue weighted by atomic mass is 35.5. The molecule has 0 aliphatic carbocycles. The van der Waals surface area contributed by atoms with Gasteiger partial charge in [-0.15, -0.1) is 12.4 Å². The van der Waals surface area contributed by atoms with E-state index < -0.39 is 5.41 Å². The van der Waals surface area contributed by atoms with Crippen LogP contribution in [0.2, 0.25) is 0 Å². The van der Waals surface area contributed by atoms with Crippen LogP contribution in [0.4, 0.5) is 0 Å². The van der Waals surface area contributed by atoms with Crippen LogP contribution < -0.4 is 10.6 Å². The third-order valence-corrected chi connectivity index (χ3v) is 5.53. The smallest absolute Gasteiger partial charge is 0.231 e. The Balaban J connectivity index is 0.00000208. The first kappa shape index (κ1) is 19.2. The number of carbonyl (C=O) groups excluding carboxylic acids is 1. The number of nitrogens with one attached hydrogen (secondary N) is 2. The zero-order valence-electron chi connectivity index (χ0n) is 14.6. The van der Waals surface area contributed by atoms with Gasteiger partial charge in [-0.25, -0.2) is 0 Å². The molecule has 2 fully saturated rings. The highest BCUT2D eigenvalue weighted by Crippen LogP contribution is 2.35. The summed E-state index contributed by atoms with van der Waals surface area (Å²) in [7, 11) is 0. The van der Waals surface area contributed by atoms with Gasteiger partial charge in [-0.05, 0) is 44.2 Å². The molecule has 24 heavy (non-hydrogen) atoms. The van der Waals surface area contributed by atoms with Crippen molar-refractivity contribution in [2.45, 2.75) is 44.6 Å². The van der Waals surface area contributed by atoms with Crippen molar-refractivity contribution in [2.24, 2.45) is 5.92 Å². The average molecular weight is 353 g/mol. The lowest BCUT2D eigenvalue weighted by Crippen LogP contribution is -2.56. The van der Waals surface area contributed by atoms with Crippen molar-refractivity contribution in [3.8, 4) is 0 Å². The SMILES string of the molecule is Cc1ccc(C2(C(=O)NC3CNCCC3C)CCOCC2)cc1.Cl. The van der Waals surface area contributed by atoms with Gasteiger partial charge in [0.1, 0.15) is 0 Å². The average Bonchev–Trinajstić information content (AvgIpc) is 2.58. The summed E-state index contributed by atoms with van der Waals surface area (Å²) in [6.45, 7) is 7.53. The fourth-order valence-corrected chi connectivity index (χ4v) is 3.73. The maximum Gasteiger partial charge on any atom is 0.231 e. The standard InChI is InChI=1S/C19H28N2O2.ClH/c1-14-3-5-16(6-4-14)19(8-11-23-12-9-19)18(22)21-17-13-20-10-7-15(17)2;/h3-6,15,17,20H,7-13H2,1-2H3,(H,21,22);1H. The second-order valence-electron chi connectivity index (χ2n) is 7.11. The van der Waals surface area contributed by atoms with Gasteiger partial charge in [-0.1, -0.05) is 36.8 Å². The van der Waals surface area contributed by atoms with E-state index in [4.69, 9.17) is 4.74 Å². The molecular weight excluding hydrogens is 324 g/mol. The van der Waals surface area contributed by atoms with Crippen LogP contribution in [0.3, 0.4) is 0 Å². The third kappa shape index (κ3) is 3.93. The Bertz CT molecular complexity index is 541. The first-order valence-electron chi connectivity index (χ1n) is 8.78. The lowest BCUT2D eigenvalue weighted by atomic mass is 9.73. The number of aryl methyl sites for hydroxylation is 1. The second-order valence-corrected chi connectivity index (χ2v) is 7.11. The van der Waals surface area contributed by atoms with E-state index in [2.05, 4.69) is 48.7 Å². The van der Waals surface area contributed by atoms with Gasteiger partial charge in [-0.2, -0.15) is 0 Å². The van der Waals surface area contributed by atoms with Gasteiger partial charge >= 0.3 is 0 Å². The third-order valence-electron chi connectivity index (χ3n) is 5.53. The summed E-state index contributed by atoms with van der Waals surface area (Å²) in [5, 5.41) is 6.73. The van der Waals surface area contributed by atoms with Crippen LogP contribution in [0.5, 0.6) is 0 Å². The Morgan fingerprint density at radius 2 is 1.92 bits per heavy atom. The minimum atomic E-state index is -0.441. The fraction of sp³-hybridized carbons (Fsp3) is 0.632. The second kappa shape index (κ2) is 8.32. The Morgan fingerprint density at radius 3 is 2.54 bits per heavy atom. The summed E-state index contributed by atoms with van der Waals surface area (Å²) in [5.41, 5.74) is 1.91. The van der Waals surface area contributed by atoms with E-state index in [1.54, 1.807) is 0 Å². The van der Waals surface area contributed by atoms with E-state index >= 15 is 0 Å². The Kier molecular flexibility index (Phi) is 6.67. The Hall–Kier alpha value is -1.10. The zero-order valence-corrected chi connectivity index (χ0v) is 15.5. The molecule has 0 radical (unpaired) electrons. The van der Waals surface area contributed by atoms with Crippen molar-refractivity contribution in [1.29, 1.82) is 0 Å². The van der Waals surface area contributed by atoms with Gasteiger partial charge in [0, 0.05) is 25.8 Å². The predicted molar refractivity (Wildman–Crippen MR) is 98.7 cm³/mol. The first-order chi connectivity index (χ1) is 11.1. The minimum Gasteiger partial charge on any atom is -0.381 e. The molecule has 4 nitrogen and oxygen atoms in total. The largest absolute Gasteiger partial charge is 0.381 e. The minimum absolute atomic E-state index is 0. The predicted octanol–water partition coefficient (Wildman–Crippen LogP) is 2.58. The molecule has 134 valence electrons. The van der Waals surface area contributed by atoms with Gasteiger partial charge in [0.05, 0.1) is 5.41 Å². The number of halogens is 1. The van der Waals surface area contributed by atoms with Crippen molar-refractivity contribution >= 4 is 18.3 Å². The highest BCUT2D eigenvalue weighted by molar-refractivity contribution is 5.88. The molecule has 0 spiro atoms. The molecule has 1 aromatic rings. The lowest BCUT2D eigenvalue weighted by Gasteiger charge is -2.39. The van der Waals surface area contributed by atoms with E-state index in [1.165, 1.54) is 5.56 Å². The molecule has 0 saturated carbocycles. The van der Waals surface area contributed by atoms with Crippen LogP contribution in [-0.2, 0) is 14.9 Å². The molecule has 2 unspecified atom stereocenters. The number of carbonyl (C=O) groups is 1. The van der Waals surface area contributed by atoms with Gasteiger partial charge in [0.2, 0.25) is 5.91 Å². The molecule has 0 bridgehead atoms. The molecular formula is C19H29ClN2O2. The summed E-state index contributed by atoms with van der Waals surface area (Å²) >= 11 is 0. The van der Waals surface area contributed by atoms with E-state index in [9.17, 15) is 4.79 Å². The number of amides is 1. The molecule has 0 aromatic heterocycles. The van der Waals surface area contributed by atoms with E-state index in [0.29, 0.717) is 19.1 Å². The van der Waals surface area contributed by atoms with Crippen LogP contribution in [-0.4, -0.2) is 38.3 Å². The van der Waals surface area contributed by atoms with E-state index in [-0.39, 0.29) is 24.4 Å². The van der Waals surface area contributed by atoms with Gasteiger partial charge in [-0.3, -0.25) is 4.79 Å². The van der Waals surface area contributed by atoms with Crippen LogP contribution in [0, 0.1) is 12.8 Å². The number of hydrogen-bond acceptors (Lipinski definition) is 3. The normalized spacial score (nSPS) is 26.2. The van der Waals surface area contributed by atoms with Gasteiger partial charge < -0.3 is 15.4 Å². The van der Waals surface area contributed by atoms with Crippen LogP contribution >= 0.6 is 12.4 Å². The highest BCUT2D eigenvalue weighted by Gasteiger charge is 2.42. The van der Waals surface area contributed by atoms with Crippen molar-refractivity contribution < 1.29 is 9.53 Å². The Labute approximate surface area is 151 Å². The van der Waals surface area contributed by atoms with Crippen molar-refractivity contribution in [3.05, 3.63) is 35.4 Å². The number of hydrogen-bond donors (Lipinski definition) is 2. The molecule has 3 rings (SSSR count). The molecule has 2 atom stereocenters. The summed E-state index contributed by atoms with van der Waals surface area (Å²) in [5.74, 6) is 0.695. The summed E-state index contributed by atoms with van der Waals surface area (Å²) in [6.07, 6.45) is 2.64. The van der Waals surface area contributed by atoms with E-state index in [1.807, 2.05) is 0 Å². The molecule has 5 heteroatoms. The van der Waals surface area contributed by atoms with Gasteiger partial charge in [0.15, 0.2) is 0 Å². The molecule has 1 aromatic carbocycles. The maximum absolute atomic E-state index is 13.2. The number of piperidine rings is 1. The Morgan fingerprint density at radius 1 is 1.25 bits per heavy atom. The molecule has 2 N–H and O–H groups in total. The number of ether oxygens (including phenoxy) is 1. The summed E-state index contributed by atoms with van der Waals surface area (Å²) in [6, 6.07) is 8.65. The topological polar surface area (TPSA) is 50.4 Å². The quantitative estimate of drug-likeness (QED) is 0.879. The molecule has 2 heterocycles. The number of rotatable bonds is 3. The van der Waals surface area contributed by atoms with Crippen molar-refractivity contribution in [1.82, 2.24) is 10.6 Å². The van der Waals surface area contributed by atoms with Gasteiger partial charge in [0.25, 0.3) is 0 Å². The molecule has 2 aliphatic rings. The maximum atomic E-state index is 13.2. The summed E-state index contributed by atoms with van der Waals surface area (Å²) < 4.78 is 5.54. The monoisotopic (exact) mass is 352 g/mol.